The largest absolute Gasteiger partial charge is 0.448 e. The Labute approximate surface area is 178 Å². The van der Waals surface area contributed by atoms with Crippen molar-refractivity contribution in [2.24, 2.45) is 5.92 Å². The number of fused-ring (bicyclic) bond motifs is 2. The number of H-pyrrole nitrogens is 1. The highest BCUT2D eigenvalue weighted by Crippen LogP contribution is 2.44. The molecule has 1 amide bonds. The van der Waals surface area contributed by atoms with Gasteiger partial charge in [-0.2, -0.15) is 0 Å². The van der Waals surface area contributed by atoms with Gasteiger partial charge in [-0.15, -0.1) is 0 Å². The Morgan fingerprint density at radius 2 is 2.13 bits per heavy atom. The highest BCUT2D eigenvalue weighted by atomic mass is 16.5. The van der Waals surface area contributed by atoms with Crippen molar-refractivity contribution in [1.29, 1.82) is 0 Å². The van der Waals surface area contributed by atoms with E-state index in [1.807, 2.05) is 0 Å². The lowest BCUT2D eigenvalue weighted by molar-refractivity contribution is 0.101. The lowest BCUT2D eigenvalue weighted by Gasteiger charge is -2.45. The highest BCUT2D eigenvalue weighted by Gasteiger charge is 2.39. The molecule has 30 heavy (non-hydrogen) atoms. The van der Waals surface area contributed by atoms with E-state index in [1.54, 1.807) is 0 Å². The number of rotatable bonds is 5. The molecule has 3 atom stereocenters. The fraction of sp³-hybridized carbons (Fsp3) is 0.625. The minimum atomic E-state index is -0.268. The van der Waals surface area contributed by atoms with Gasteiger partial charge in [0.2, 0.25) is 0 Å². The second kappa shape index (κ2) is 8.60. The summed E-state index contributed by atoms with van der Waals surface area (Å²) in [4.78, 5) is 20.5. The normalized spacial score (nSPS) is 27.0. The van der Waals surface area contributed by atoms with Crippen LogP contribution in [0.5, 0.6) is 0 Å². The van der Waals surface area contributed by atoms with Gasteiger partial charge in [0.15, 0.2) is 0 Å². The third-order valence-corrected chi connectivity index (χ3v) is 7.44. The first-order valence-electron chi connectivity index (χ1n) is 11.6. The molecule has 2 aromatic rings. The standard InChI is InChI=1S/C24H34N4O2/c1-27-16-17(14-26-24(29)30-11-10-28-8-3-2-4-9-28)12-20-19-6-5-7-21-23(19)18(15-25-21)13-22(20)27/h5-7,15,17,20,22,25H,2-4,8-14,16H2,1H3,(H,26,29)/t17-,20?,22+/m0/s1. The number of carbonyl (C=O) groups is 1. The predicted octanol–water partition coefficient (Wildman–Crippen LogP) is 3.34. The Kier molecular flexibility index (Phi) is 5.70. The number of hydrogen-bond acceptors (Lipinski definition) is 4. The quantitative estimate of drug-likeness (QED) is 0.794. The van der Waals surface area contributed by atoms with Gasteiger partial charge in [-0.3, -0.25) is 4.90 Å². The molecule has 1 aliphatic carbocycles. The molecule has 6 nitrogen and oxygen atoms in total. The van der Waals surface area contributed by atoms with Crippen molar-refractivity contribution in [2.45, 2.75) is 44.1 Å². The lowest BCUT2D eigenvalue weighted by Crippen LogP contribution is -2.50. The van der Waals surface area contributed by atoms with Gasteiger partial charge in [0.1, 0.15) is 6.61 Å². The number of aromatic nitrogens is 1. The molecule has 0 radical (unpaired) electrons. The van der Waals surface area contributed by atoms with Crippen LogP contribution in [-0.4, -0.2) is 73.3 Å². The van der Waals surface area contributed by atoms with Gasteiger partial charge in [0, 0.05) is 48.7 Å². The Balaban J connectivity index is 1.15. The minimum Gasteiger partial charge on any atom is -0.448 e. The molecule has 1 aromatic carbocycles. The van der Waals surface area contributed by atoms with E-state index < -0.39 is 0 Å². The second-order valence-electron chi connectivity index (χ2n) is 9.42. The summed E-state index contributed by atoms with van der Waals surface area (Å²) >= 11 is 0. The van der Waals surface area contributed by atoms with E-state index in [2.05, 4.69) is 51.5 Å². The molecule has 1 aromatic heterocycles. The zero-order chi connectivity index (χ0) is 20.5. The molecule has 3 aliphatic rings. The van der Waals surface area contributed by atoms with Gasteiger partial charge < -0.3 is 19.9 Å². The summed E-state index contributed by atoms with van der Waals surface area (Å²) in [6.07, 6.45) is 8.00. The number of hydrogen-bond donors (Lipinski definition) is 2. The van der Waals surface area contributed by atoms with Crippen LogP contribution < -0.4 is 5.32 Å². The Morgan fingerprint density at radius 3 is 3.00 bits per heavy atom. The van der Waals surface area contributed by atoms with Crippen LogP contribution in [0, 0.1) is 5.92 Å². The van der Waals surface area contributed by atoms with Gasteiger partial charge >= 0.3 is 6.09 Å². The maximum Gasteiger partial charge on any atom is 0.407 e. The Morgan fingerprint density at radius 1 is 1.27 bits per heavy atom. The summed E-state index contributed by atoms with van der Waals surface area (Å²) in [5, 5.41) is 4.46. The second-order valence-corrected chi connectivity index (χ2v) is 9.42. The van der Waals surface area contributed by atoms with Crippen LogP contribution in [-0.2, 0) is 11.2 Å². The van der Waals surface area contributed by atoms with Crippen LogP contribution in [0.4, 0.5) is 4.79 Å². The van der Waals surface area contributed by atoms with E-state index in [1.165, 1.54) is 41.3 Å². The van der Waals surface area contributed by atoms with Crippen LogP contribution >= 0.6 is 0 Å². The molecule has 0 spiro atoms. The zero-order valence-electron chi connectivity index (χ0n) is 18.0. The molecule has 2 aliphatic heterocycles. The molecule has 2 fully saturated rings. The molecule has 1 unspecified atom stereocenters. The zero-order valence-corrected chi connectivity index (χ0v) is 18.0. The van der Waals surface area contributed by atoms with Crippen LogP contribution in [0.1, 0.15) is 42.7 Å². The van der Waals surface area contributed by atoms with E-state index in [0.717, 1.165) is 39.0 Å². The molecule has 2 N–H and O–H groups in total. The number of amides is 1. The third kappa shape index (κ3) is 3.95. The van der Waals surface area contributed by atoms with Crippen LogP contribution in [0.3, 0.4) is 0 Å². The van der Waals surface area contributed by atoms with Crippen LogP contribution in [0.15, 0.2) is 24.4 Å². The molecule has 162 valence electrons. The van der Waals surface area contributed by atoms with Crippen molar-refractivity contribution in [3.8, 4) is 0 Å². The number of likely N-dealkylation sites (tertiary alicyclic amines) is 2. The first-order valence-corrected chi connectivity index (χ1v) is 11.6. The fourth-order valence-electron chi connectivity index (χ4n) is 5.93. The number of likely N-dealkylation sites (N-methyl/N-ethyl adjacent to an activating group) is 1. The molecule has 3 heterocycles. The monoisotopic (exact) mass is 410 g/mol. The average Bonchev–Trinajstić information content (AvgIpc) is 3.18. The summed E-state index contributed by atoms with van der Waals surface area (Å²) in [6, 6.07) is 7.19. The number of piperidine rings is 2. The number of nitrogens with one attached hydrogen (secondary N) is 2. The van der Waals surface area contributed by atoms with Gasteiger partial charge in [-0.1, -0.05) is 18.6 Å². The molecule has 0 bridgehead atoms. The first-order chi connectivity index (χ1) is 14.7. The van der Waals surface area contributed by atoms with Crippen molar-refractivity contribution in [3.05, 3.63) is 35.5 Å². The highest BCUT2D eigenvalue weighted by molar-refractivity contribution is 5.88. The molecule has 0 saturated carbocycles. The van der Waals surface area contributed by atoms with E-state index >= 15 is 0 Å². The van der Waals surface area contributed by atoms with Crippen molar-refractivity contribution >= 4 is 17.0 Å². The summed E-state index contributed by atoms with van der Waals surface area (Å²) in [5.41, 5.74) is 4.17. The topological polar surface area (TPSA) is 60.6 Å². The number of carbonyl (C=O) groups excluding carboxylic acids is 1. The maximum absolute atomic E-state index is 12.2. The maximum atomic E-state index is 12.2. The number of alkyl carbamates (subject to hydrolysis) is 1. The number of nitrogens with zero attached hydrogens (tertiary/aromatic N) is 2. The van der Waals surface area contributed by atoms with Gasteiger partial charge in [0.25, 0.3) is 0 Å². The Bertz CT molecular complexity index is 888. The summed E-state index contributed by atoms with van der Waals surface area (Å²) in [5.74, 6) is 0.972. The van der Waals surface area contributed by atoms with E-state index in [-0.39, 0.29) is 6.09 Å². The predicted molar refractivity (Wildman–Crippen MR) is 119 cm³/mol. The molecule has 2 saturated heterocycles. The SMILES string of the molecule is CN1C[C@H](CNC(=O)OCCN2CCCCC2)CC2c3cccc4[nH]cc(c34)C[C@H]21. The summed E-state index contributed by atoms with van der Waals surface area (Å²) in [6.45, 7) is 5.32. The van der Waals surface area contributed by atoms with E-state index in [0.29, 0.717) is 31.0 Å². The Hall–Kier alpha value is -2.05. The van der Waals surface area contributed by atoms with Crippen molar-refractivity contribution < 1.29 is 9.53 Å². The lowest BCUT2D eigenvalue weighted by atomic mass is 9.72. The van der Waals surface area contributed by atoms with Crippen molar-refractivity contribution in [2.75, 3.05) is 46.4 Å². The summed E-state index contributed by atoms with van der Waals surface area (Å²) in [7, 11) is 2.23. The van der Waals surface area contributed by atoms with Gasteiger partial charge in [-0.25, -0.2) is 4.79 Å². The van der Waals surface area contributed by atoms with Crippen LogP contribution in [0.25, 0.3) is 10.9 Å². The number of ether oxygens (including phenoxy) is 1. The number of benzene rings is 1. The first kappa shape index (κ1) is 19.9. The van der Waals surface area contributed by atoms with E-state index in [9.17, 15) is 4.79 Å². The summed E-state index contributed by atoms with van der Waals surface area (Å²) < 4.78 is 5.44. The van der Waals surface area contributed by atoms with E-state index in [4.69, 9.17) is 4.74 Å². The fourth-order valence-corrected chi connectivity index (χ4v) is 5.93. The molecular formula is C24H34N4O2. The molecule has 5 rings (SSSR count). The van der Waals surface area contributed by atoms with Crippen molar-refractivity contribution in [3.63, 3.8) is 0 Å². The minimum absolute atomic E-state index is 0.268. The smallest absolute Gasteiger partial charge is 0.407 e. The van der Waals surface area contributed by atoms with Crippen LogP contribution in [0.2, 0.25) is 0 Å². The average molecular weight is 411 g/mol. The molecule has 6 heteroatoms. The van der Waals surface area contributed by atoms with Gasteiger partial charge in [-0.05, 0) is 68.9 Å². The molecular weight excluding hydrogens is 376 g/mol. The third-order valence-electron chi connectivity index (χ3n) is 7.44. The van der Waals surface area contributed by atoms with Crippen molar-refractivity contribution in [1.82, 2.24) is 20.1 Å². The van der Waals surface area contributed by atoms with Gasteiger partial charge in [0.05, 0.1) is 0 Å². The number of aromatic amines is 1.